The van der Waals surface area contributed by atoms with Gasteiger partial charge in [-0.15, -0.1) is 0 Å². The number of methoxy groups -OCH3 is 1. The molecule has 0 unspecified atom stereocenters. The number of halogens is 2. The van der Waals surface area contributed by atoms with E-state index in [0.717, 1.165) is 0 Å². The van der Waals surface area contributed by atoms with Crippen LogP contribution in [0.3, 0.4) is 0 Å². The Balaban J connectivity index is 1.72. The predicted octanol–water partition coefficient (Wildman–Crippen LogP) is 4.89. The number of alkyl halides is 2. The molecule has 0 aromatic heterocycles. The third-order valence-electron chi connectivity index (χ3n) is 4.30. The molecule has 3 aromatic rings. The largest absolute Gasteiger partial charge is 0.497 e. The summed E-state index contributed by atoms with van der Waals surface area (Å²) in [4.78, 5) is 22.4. The van der Waals surface area contributed by atoms with Crippen molar-refractivity contribution in [1.29, 1.82) is 0 Å². The summed E-state index contributed by atoms with van der Waals surface area (Å²) < 4.78 is 40.6. The number of nitro groups is 1. The lowest BCUT2D eigenvalue weighted by Crippen LogP contribution is -2.20. The van der Waals surface area contributed by atoms with E-state index < -0.39 is 17.4 Å². The maximum absolute atomic E-state index is 12.8. The topological polar surface area (TPSA) is 99.9 Å². The molecule has 0 bridgehead atoms. The first kappa shape index (κ1) is 22.5. The molecule has 3 aromatic carbocycles. The number of benzene rings is 3. The molecule has 0 saturated heterocycles. The van der Waals surface area contributed by atoms with Crippen LogP contribution in [0.2, 0.25) is 0 Å². The molecule has 0 heterocycles. The van der Waals surface area contributed by atoms with Crippen LogP contribution in [0.4, 0.5) is 20.2 Å². The quantitative estimate of drug-likeness (QED) is 0.373. The van der Waals surface area contributed by atoms with E-state index in [-0.39, 0.29) is 23.8 Å². The summed E-state index contributed by atoms with van der Waals surface area (Å²) >= 11 is 0. The summed E-state index contributed by atoms with van der Waals surface area (Å²) in [7, 11) is 1.51. The van der Waals surface area contributed by atoms with Crippen LogP contribution < -0.4 is 19.5 Å². The minimum absolute atomic E-state index is 0.0507. The van der Waals surface area contributed by atoms with Gasteiger partial charge in [-0.1, -0.05) is 12.1 Å². The third-order valence-corrected chi connectivity index (χ3v) is 4.30. The van der Waals surface area contributed by atoms with Crippen molar-refractivity contribution in [2.75, 3.05) is 19.0 Å². The van der Waals surface area contributed by atoms with Gasteiger partial charge in [-0.05, 0) is 48.0 Å². The second-order valence-corrected chi connectivity index (χ2v) is 6.41. The fourth-order valence-electron chi connectivity index (χ4n) is 2.81. The minimum atomic E-state index is -3.01. The van der Waals surface area contributed by atoms with Gasteiger partial charge in [0.1, 0.15) is 17.2 Å². The first-order valence-electron chi connectivity index (χ1n) is 9.26. The number of nitro benzene ring substituents is 1. The number of hydrogen-bond donors (Lipinski definition) is 1. The van der Waals surface area contributed by atoms with E-state index in [2.05, 4.69) is 10.1 Å². The van der Waals surface area contributed by atoms with Gasteiger partial charge >= 0.3 is 6.61 Å². The normalized spacial score (nSPS) is 10.5. The van der Waals surface area contributed by atoms with Crippen molar-refractivity contribution in [1.82, 2.24) is 0 Å². The van der Waals surface area contributed by atoms with Gasteiger partial charge in [0, 0.05) is 23.4 Å². The summed E-state index contributed by atoms with van der Waals surface area (Å²) in [5.74, 6) is 0.320. The zero-order valence-electron chi connectivity index (χ0n) is 16.8. The van der Waals surface area contributed by atoms with Crippen LogP contribution in [0.5, 0.6) is 17.2 Å². The van der Waals surface area contributed by atoms with E-state index in [9.17, 15) is 23.7 Å². The predicted molar refractivity (Wildman–Crippen MR) is 112 cm³/mol. The van der Waals surface area contributed by atoms with Crippen molar-refractivity contribution in [3.05, 3.63) is 76.8 Å². The molecular formula is C22H18F2N2O6. The molecule has 8 nitrogen and oxygen atoms in total. The standard InChI is InChI=1S/C22H18F2N2O6/c1-30-17-7-2-14(3-8-17)19-12-15(4-11-20(19)32-22(23)24)25-21(27)13-31-18-9-5-16(6-10-18)26(28)29/h2-12,22H,13H2,1H3,(H,25,27). The van der Waals surface area contributed by atoms with Gasteiger partial charge in [-0.3, -0.25) is 14.9 Å². The lowest BCUT2D eigenvalue weighted by molar-refractivity contribution is -0.384. The number of hydrogen-bond acceptors (Lipinski definition) is 6. The minimum Gasteiger partial charge on any atom is -0.497 e. The maximum atomic E-state index is 12.8. The van der Waals surface area contributed by atoms with Gasteiger partial charge in [-0.25, -0.2) is 0 Å². The summed E-state index contributed by atoms with van der Waals surface area (Å²) in [6, 6.07) is 16.2. The van der Waals surface area contributed by atoms with Crippen LogP contribution in [-0.4, -0.2) is 31.2 Å². The molecule has 0 fully saturated rings. The van der Waals surface area contributed by atoms with Crippen LogP contribution >= 0.6 is 0 Å². The lowest BCUT2D eigenvalue weighted by atomic mass is 10.0. The van der Waals surface area contributed by atoms with Gasteiger partial charge in [0.2, 0.25) is 0 Å². The second kappa shape index (κ2) is 10.2. The van der Waals surface area contributed by atoms with Crippen molar-refractivity contribution in [2.24, 2.45) is 0 Å². The summed E-state index contributed by atoms with van der Waals surface area (Å²) in [5.41, 5.74) is 1.18. The third kappa shape index (κ3) is 5.91. The molecule has 3 rings (SSSR count). The highest BCUT2D eigenvalue weighted by Gasteiger charge is 2.14. The highest BCUT2D eigenvalue weighted by molar-refractivity contribution is 5.93. The number of anilines is 1. The SMILES string of the molecule is COc1ccc(-c2cc(NC(=O)COc3ccc([N+](=O)[O-])cc3)ccc2OC(F)F)cc1. The molecule has 0 radical (unpaired) electrons. The Morgan fingerprint density at radius 2 is 1.69 bits per heavy atom. The molecule has 0 atom stereocenters. The van der Waals surface area contributed by atoms with Crippen molar-refractivity contribution in [3.8, 4) is 28.4 Å². The number of amides is 1. The number of ether oxygens (including phenoxy) is 3. The Bertz CT molecular complexity index is 1090. The lowest BCUT2D eigenvalue weighted by Gasteiger charge is -2.14. The number of rotatable bonds is 9. The Morgan fingerprint density at radius 3 is 2.28 bits per heavy atom. The zero-order valence-corrected chi connectivity index (χ0v) is 16.8. The van der Waals surface area contributed by atoms with Crippen LogP contribution in [0.1, 0.15) is 0 Å². The molecule has 0 aliphatic carbocycles. The number of non-ortho nitro benzene ring substituents is 1. The van der Waals surface area contributed by atoms with Crippen molar-refractivity contribution in [3.63, 3.8) is 0 Å². The Hall–Kier alpha value is -4.21. The van der Waals surface area contributed by atoms with Crippen molar-refractivity contribution in [2.45, 2.75) is 6.61 Å². The van der Waals surface area contributed by atoms with E-state index >= 15 is 0 Å². The number of nitrogens with one attached hydrogen (secondary N) is 1. The number of carbonyl (C=O) groups excluding carboxylic acids is 1. The van der Waals surface area contributed by atoms with E-state index in [1.54, 1.807) is 24.3 Å². The molecule has 1 N–H and O–H groups in total. The molecule has 1 amide bonds. The molecule has 0 saturated carbocycles. The first-order valence-corrected chi connectivity index (χ1v) is 9.26. The summed E-state index contributed by atoms with van der Waals surface area (Å²) in [6.07, 6.45) is 0. The smallest absolute Gasteiger partial charge is 0.387 e. The Kier molecular flexibility index (Phi) is 7.17. The molecule has 32 heavy (non-hydrogen) atoms. The average Bonchev–Trinajstić information content (AvgIpc) is 2.78. The maximum Gasteiger partial charge on any atom is 0.387 e. The molecule has 10 heteroatoms. The monoisotopic (exact) mass is 444 g/mol. The van der Waals surface area contributed by atoms with E-state index in [1.807, 2.05) is 0 Å². The molecule has 0 aliphatic heterocycles. The molecular weight excluding hydrogens is 426 g/mol. The van der Waals surface area contributed by atoms with Gasteiger partial charge in [0.15, 0.2) is 6.61 Å². The highest BCUT2D eigenvalue weighted by Crippen LogP contribution is 2.34. The number of carbonyl (C=O) groups is 1. The second-order valence-electron chi connectivity index (χ2n) is 6.41. The van der Waals surface area contributed by atoms with Crippen LogP contribution in [0, 0.1) is 10.1 Å². The van der Waals surface area contributed by atoms with Gasteiger partial charge in [0.05, 0.1) is 12.0 Å². The molecule has 166 valence electrons. The highest BCUT2D eigenvalue weighted by atomic mass is 19.3. The van der Waals surface area contributed by atoms with Gasteiger partial charge in [-0.2, -0.15) is 8.78 Å². The fourth-order valence-corrected chi connectivity index (χ4v) is 2.81. The van der Waals surface area contributed by atoms with Crippen molar-refractivity contribution < 1.29 is 32.7 Å². The molecule has 0 spiro atoms. The van der Waals surface area contributed by atoms with Crippen LogP contribution in [-0.2, 0) is 4.79 Å². The first-order chi connectivity index (χ1) is 15.4. The van der Waals surface area contributed by atoms with Crippen molar-refractivity contribution >= 4 is 17.3 Å². The van der Waals surface area contributed by atoms with Gasteiger partial charge in [0.25, 0.3) is 11.6 Å². The fraction of sp³-hybridized carbons (Fsp3) is 0.136. The van der Waals surface area contributed by atoms with Crippen LogP contribution in [0.15, 0.2) is 66.7 Å². The van der Waals surface area contributed by atoms with E-state index in [0.29, 0.717) is 22.6 Å². The molecule has 0 aliphatic rings. The van der Waals surface area contributed by atoms with Gasteiger partial charge < -0.3 is 19.5 Å². The zero-order chi connectivity index (χ0) is 23.1. The van der Waals surface area contributed by atoms with E-state index in [4.69, 9.17) is 9.47 Å². The summed E-state index contributed by atoms with van der Waals surface area (Å²) in [5, 5.41) is 13.3. The Labute approximate surface area is 181 Å². The average molecular weight is 444 g/mol. The Morgan fingerprint density at radius 1 is 1.03 bits per heavy atom. The van der Waals surface area contributed by atoms with Crippen LogP contribution in [0.25, 0.3) is 11.1 Å². The van der Waals surface area contributed by atoms with E-state index in [1.165, 1.54) is 49.6 Å². The summed E-state index contributed by atoms with van der Waals surface area (Å²) in [6.45, 7) is -3.37. The number of nitrogens with zero attached hydrogens (tertiary/aromatic N) is 1.